The van der Waals surface area contributed by atoms with E-state index >= 15 is 0 Å². The Kier molecular flexibility index (Phi) is 2.91. The molecule has 1 saturated carbocycles. The Morgan fingerprint density at radius 3 is 2.24 bits per heavy atom. The number of phenols is 1. The molecule has 1 aromatic carbocycles. The summed E-state index contributed by atoms with van der Waals surface area (Å²) in [6, 6.07) is 5.55. The smallest absolute Gasteiger partial charge is 0.241 e. The van der Waals surface area contributed by atoms with Crippen LogP contribution in [0.15, 0.2) is 29.2 Å². The molecule has 0 atom stereocenters. The molecule has 5 heteroatoms. The van der Waals surface area contributed by atoms with Gasteiger partial charge in [-0.1, -0.05) is 0 Å². The first-order valence-electron chi connectivity index (χ1n) is 5.64. The number of phenolic OH excluding ortho intramolecular Hbond substituents is 1. The third-order valence-electron chi connectivity index (χ3n) is 3.14. The molecule has 94 valence electrons. The molecule has 1 fully saturated rings. The van der Waals surface area contributed by atoms with Gasteiger partial charge in [-0.3, -0.25) is 0 Å². The van der Waals surface area contributed by atoms with Gasteiger partial charge in [-0.05, 0) is 56.9 Å². The second-order valence-corrected chi connectivity index (χ2v) is 6.78. The molecule has 2 N–H and O–H groups in total. The maximum Gasteiger partial charge on any atom is 0.241 e. The van der Waals surface area contributed by atoms with Gasteiger partial charge in [0, 0.05) is 5.54 Å². The SMILES string of the molecule is CC(C)(NS(=O)(=O)c1ccc(O)cc1)C1CC1. The lowest BCUT2D eigenvalue weighted by molar-refractivity contribution is 0.400. The van der Waals surface area contributed by atoms with Crippen molar-refractivity contribution in [2.24, 2.45) is 5.92 Å². The van der Waals surface area contributed by atoms with Gasteiger partial charge >= 0.3 is 0 Å². The number of sulfonamides is 1. The van der Waals surface area contributed by atoms with E-state index in [2.05, 4.69) is 4.72 Å². The van der Waals surface area contributed by atoms with E-state index in [1.165, 1.54) is 24.3 Å². The zero-order valence-corrected chi connectivity index (χ0v) is 10.8. The van der Waals surface area contributed by atoms with Crippen LogP contribution in [-0.2, 0) is 10.0 Å². The molecule has 0 radical (unpaired) electrons. The molecule has 0 spiro atoms. The minimum Gasteiger partial charge on any atom is -0.508 e. The Hall–Kier alpha value is -1.07. The lowest BCUT2D eigenvalue weighted by Gasteiger charge is -2.25. The van der Waals surface area contributed by atoms with Crippen molar-refractivity contribution in [1.82, 2.24) is 4.72 Å². The van der Waals surface area contributed by atoms with Crippen molar-refractivity contribution in [3.8, 4) is 5.75 Å². The van der Waals surface area contributed by atoms with Gasteiger partial charge in [-0.2, -0.15) is 0 Å². The molecule has 0 bridgehead atoms. The third-order valence-corrected chi connectivity index (χ3v) is 4.83. The topological polar surface area (TPSA) is 66.4 Å². The van der Waals surface area contributed by atoms with Crippen molar-refractivity contribution in [3.05, 3.63) is 24.3 Å². The van der Waals surface area contributed by atoms with Crippen molar-refractivity contribution in [1.29, 1.82) is 0 Å². The van der Waals surface area contributed by atoms with Crippen LogP contribution in [0.25, 0.3) is 0 Å². The molecule has 1 aliphatic rings. The van der Waals surface area contributed by atoms with E-state index in [1.54, 1.807) is 0 Å². The Morgan fingerprint density at radius 1 is 1.24 bits per heavy atom. The van der Waals surface area contributed by atoms with Crippen LogP contribution in [0.1, 0.15) is 26.7 Å². The standard InChI is InChI=1S/C12H17NO3S/c1-12(2,9-3-4-9)13-17(15,16)11-7-5-10(14)6-8-11/h5-9,13-14H,3-4H2,1-2H3. The minimum absolute atomic E-state index is 0.0606. The zero-order chi connectivity index (χ0) is 12.7. The highest BCUT2D eigenvalue weighted by molar-refractivity contribution is 7.89. The summed E-state index contributed by atoms with van der Waals surface area (Å²) in [6.45, 7) is 3.81. The molecule has 2 rings (SSSR count). The first-order valence-corrected chi connectivity index (χ1v) is 7.12. The highest BCUT2D eigenvalue weighted by Gasteiger charge is 2.40. The van der Waals surface area contributed by atoms with Gasteiger partial charge in [0.2, 0.25) is 10.0 Å². The van der Waals surface area contributed by atoms with E-state index < -0.39 is 15.6 Å². The Balaban J connectivity index is 2.21. The fourth-order valence-electron chi connectivity index (χ4n) is 1.92. The fraction of sp³-hybridized carbons (Fsp3) is 0.500. The van der Waals surface area contributed by atoms with Crippen LogP contribution in [0.2, 0.25) is 0 Å². The lowest BCUT2D eigenvalue weighted by Crippen LogP contribution is -2.45. The predicted octanol–water partition coefficient (Wildman–Crippen LogP) is 1.86. The van der Waals surface area contributed by atoms with Gasteiger partial charge in [-0.15, -0.1) is 0 Å². The summed E-state index contributed by atoms with van der Waals surface area (Å²) < 4.78 is 26.9. The summed E-state index contributed by atoms with van der Waals surface area (Å²) in [5.74, 6) is 0.486. The minimum atomic E-state index is -3.50. The van der Waals surface area contributed by atoms with E-state index in [9.17, 15) is 8.42 Å². The average Bonchev–Trinajstić information content (AvgIpc) is 2.99. The Labute approximate surface area is 102 Å². The van der Waals surface area contributed by atoms with Crippen molar-refractivity contribution < 1.29 is 13.5 Å². The van der Waals surface area contributed by atoms with Gasteiger partial charge < -0.3 is 5.11 Å². The number of nitrogens with one attached hydrogen (secondary N) is 1. The van der Waals surface area contributed by atoms with E-state index in [4.69, 9.17) is 5.11 Å². The highest BCUT2D eigenvalue weighted by atomic mass is 32.2. The highest BCUT2D eigenvalue weighted by Crippen LogP contribution is 2.39. The average molecular weight is 255 g/mol. The van der Waals surface area contributed by atoms with Crippen molar-refractivity contribution >= 4 is 10.0 Å². The quantitative estimate of drug-likeness (QED) is 0.863. The molecule has 0 amide bonds. The predicted molar refractivity (Wildman–Crippen MR) is 65.2 cm³/mol. The van der Waals surface area contributed by atoms with Crippen LogP contribution in [0.5, 0.6) is 5.75 Å². The molecule has 17 heavy (non-hydrogen) atoms. The number of hydrogen-bond acceptors (Lipinski definition) is 3. The van der Waals surface area contributed by atoms with Crippen molar-refractivity contribution in [2.45, 2.75) is 37.1 Å². The number of rotatable bonds is 4. The monoisotopic (exact) mass is 255 g/mol. The Bertz CT molecular complexity index is 501. The molecule has 4 nitrogen and oxygen atoms in total. The normalized spacial score (nSPS) is 17.1. The maximum atomic E-state index is 12.1. The van der Waals surface area contributed by atoms with Gasteiger partial charge in [0.1, 0.15) is 5.75 Å². The second-order valence-electron chi connectivity index (χ2n) is 5.10. The van der Waals surface area contributed by atoms with E-state index in [0.717, 1.165) is 12.8 Å². The molecule has 1 aliphatic carbocycles. The van der Waals surface area contributed by atoms with Gasteiger partial charge in [0.05, 0.1) is 4.90 Å². The van der Waals surface area contributed by atoms with Crippen LogP contribution >= 0.6 is 0 Å². The molecule has 0 aliphatic heterocycles. The second kappa shape index (κ2) is 3.99. The molecular formula is C12H17NO3S. The molecule has 1 aromatic rings. The van der Waals surface area contributed by atoms with Gasteiger partial charge in [-0.25, -0.2) is 13.1 Å². The first-order chi connectivity index (χ1) is 7.81. The first kappa shape index (κ1) is 12.4. The molecule has 0 heterocycles. The summed E-state index contributed by atoms with van der Waals surface area (Å²) in [5.41, 5.74) is -0.406. The van der Waals surface area contributed by atoms with Gasteiger partial charge in [0.15, 0.2) is 0 Å². The summed E-state index contributed by atoms with van der Waals surface area (Å²) in [4.78, 5) is 0.184. The lowest BCUT2D eigenvalue weighted by atomic mass is 10.0. The summed E-state index contributed by atoms with van der Waals surface area (Å²) in [6.07, 6.45) is 2.15. The van der Waals surface area contributed by atoms with Crippen LogP contribution < -0.4 is 4.72 Å². The molecule has 0 aromatic heterocycles. The third kappa shape index (κ3) is 2.79. The van der Waals surface area contributed by atoms with Crippen LogP contribution in [0, 0.1) is 5.92 Å². The summed E-state index contributed by atoms with van der Waals surface area (Å²) >= 11 is 0. The van der Waals surface area contributed by atoms with Crippen molar-refractivity contribution in [3.63, 3.8) is 0 Å². The fourth-order valence-corrected chi connectivity index (χ4v) is 3.39. The number of benzene rings is 1. The molecular weight excluding hydrogens is 238 g/mol. The van der Waals surface area contributed by atoms with Crippen LogP contribution in [-0.4, -0.2) is 19.1 Å². The largest absolute Gasteiger partial charge is 0.508 e. The molecule has 0 saturated heterocycles. The number of aromatic hydroxyl groups is 1. The molecule has 0 unspecified atom stereocenters. The van der Waals surface area contributed by atoms with Crippen molar-refractivity contribution in [2.75, 3.05) is 0 Å². The zero-order valence-electron chi connectivity index (χ0n) is 9.97. The summed E-state index contributed by atoms with van der Waals surface area (Å²) in [7, 11) is -3.50. The van der Waals surface area contributed by atoms with Crippen LogP contribution in [0.3, 0.4) is 0 Å². The summed E-state index contributed by atoms with van der Waals surface area (Å²) in [5, 5.41) is 9.14. The van der Waals surface area contributed by atoms with Gasteiger partial charge in [0.25, 0.3) is 0 Å². The maximum absolute atomic E-state index is 12.1. The van der Waals surface area contributed by atoms with E-state index in [0.29, 0.717) is 5.92 Å². The van der Waals surface area contributed by atoms with Crippen LogP contribution in [0.4, 0.5) is 0 Å². The number of hydrogen-bond donors (Lipinski definition) is 2. The van der Waals surface area contributed by atoms with E-state index in [-0.39, 0.29) is 10.6 Å². The Morgan fingerprint density at radius 2 is 1.76 bits per heavy atom. The van der Waals surface area contributed by atoms with E-state index in [1.807, 2.05) is 13.8 Å².